The molecule has 0 fully saturated rings. The summed E-state index contributed by atoms with van der Waals surface area (Å²) >= 11 is 0. The van der Waals surface area contributed by atoms with Crippen molar-refractivity contribution in [2.75, 3.05) is 19.0 Å². The van der Waals surface area contributed by atoms with Crippen LogP contribution in [0.4, 0.5) is 5.69 Å². The van der Waals surface area contributed by atoms with Gasteiger partial charge in [0.15, 0.2) is 5.82 Å². The van der Waals surface area contributed by atoms with Crippen LogP contribution in [0.2, 0.25) is 0 Å². The molecular weight excluding hydrogens is 326 g/mol. The number of rotatable bonds is 4. The maximum atomic E-state index is 11.1. The Bertz CT molecular complexity index is 874. The number of carboxylic acid groups (broad SMARTS) is 1. The van der Waals surface area contributed by atoms with Crippen molar-refractivity contribution in [2.24, 2.45) is 0 Å². The Hall–Kier alpha value is -3.21. The summed E-state index contributed by atoms with van der Waals surface area (Å²) in [5, 5.41) is 9.11. The van der Waals surface area contributed by atoms with E-state index in [1.807, 2.05) is 63.2 Å². The Labute approximate surface area is 154 Å². The number of carbonyl (C=O) groups is 1. The zero-order valence-electron chi connectivity index (χ0n) is 15.5. The molecule has 1 heterocycles. The first-order valence-electron chi connectivity index (χ1n) is 8.49. The monoisotopic (exact) mass is 349 g/mol. The van der Waals surface area contributed by atoms with Crippen LogP contribution >= 0.6 is 0 Å². The number of hydrogen-bond acceptors (Lipinski definition) is 4. The maximum absolute atomic E-state index is 11.1. The Morgan fingerprint density at radius 1 is 0.962 bits per heavy atom. The van der Waals surface area contributed by atoms with Crippen molar-refractivity contribution in [1.82, 2.24) is 9.97 Å². The lowest BCUT2D eigenvalue weighted by atomic mass is 10.1. The molecule has 0 aliphatic carbocycles. The first kappa shape index (κ1) is 19.1. The van der Waals surface area contributed by atoms with Gasteiger partial charge in [-0.15, -0.1) is 0 Å². The molecule has 1 aromatic heterocycles. The van der Waals surface area contributed by atoms with Gasteiger partial charge in [0, 0.05) is 37.1 Å². The highest BCUT2D eigenvalue weighted by Gasteiger charge is 2.08. The van der Waals surface area contributed by atoms with Crippen LogP contribution in [0.1, 0.15) is 24.2 Å². The molecular formula is C21H23N3O2. The molecule has 0 radical (unpaired) electrons. The second-order valence-corrected chi connectivity index (χ2v) is 5.59. The van der Waals surface area contributed by atoms with Crippen LogP contribution in [0.15, 0.2) is 60.8 Å². The van der Waals surface area contributed by atoms with Gasteiger partial charge in [-0.1, -0.05) is 38.1 Å². The van der Waals surface area contributed by atoms with Crippen LogP contribution in [0.5, 0.6) is 0 Å². The van der Waals surface area contributed by atoms with Crippen molar-refractivity contribution in [2.45, 2.75) is 13.8 Å². The minimum absolute atomic E-state index is 0.219. The summed E-state index contributed by atoms with van der Waals surface area (Å²) in [6.45, 7) is 4.00. The summed E-state index contributed by atoms with van der Waals surface area (Å²) in [6.07, 6.45) is 1.69. The standard InChI is InChI=1S/C19H17N3O2.C2H6/c1-22(2)16-8-6-13(7-9-16)17-10-11-20-18(21-17)14-4-3-5-15(12-14)19(23)24;1-2/h3-12H,1-2H3,(H,23,24);1-2H3. The maximum Gasteiger partial charge on any atom is 0.335 e. The molecule has 0 aliphatic rings. The van der Waals surface area contributed by atoms with Crippen LogP contribution in [0, 0.1) is 0 Å². The quantitative estimate of drug-likeness (QED) is 0.745. The summed E-state index contributed by atoms with van der Waals surface area (Å²) in [7, 11) is 3.99. The van der Waals surface area contributed by atoms with Gasteiger partial charge < -0.3 is 10.0 Å². The molecule has 2 aromatic carbocycles. The number of benzene rings is 2. The van der Waals surface area contributed by atoms with E-state index in [9.17, 15) is 4.79 Å². The summed E-state index contributed by atoms with van der Waals surface area (Å²) in [6, 6.07) is 16.6. The SMILES string of the molecule is CC.CN(C)c1ccc(-c2ccnc(-c3cccc(C(=O)O)c3)n2)cc1. The smallest absolute Gasteiger partial charge is 0.335 e. The summed E-state index contributed by atoms with van der Waals surface area (Å²) < 4.78 is 0. The fourth-order valence-corrected chi connectivity index (χ4v) is 2.38. The molecule has 3 rings (SSSR count). The lowest BCUT2D eigenvalue weighted by Crippen LogP contribution is -2.07. The first-order chi connectivity index (χ1) is 12.5. The molecule has 5 heteroatoms. The molecule has 3 aromatic rings. The Morgan fingerprint density at radius 3 is 2.27 bits per heavy atom. The van der Waals surface area contributed by atoms with Crippen LogP contribution < -0.4 is 4.90 Å². The third-order valence-corrected chi connectivity index (χ3v) is 3.70. The third kappa shape index (κ3) is 4.45. The number of nitrogens with zero attached hydrogens (tertiary/aromatic N) is 3. The van der Waals surface area contributed by atoms with Crippen molar-refractivity contribution in [3.05, 3.63) is 66.4 Å². The molecule has 0 bridgehead atoms. The van der Waals surface area contributed by atoms with Gasteiger partial charge in [0.1, 0.15) is 0 Å². The summed E-state index contributed by atoms with van der Waals surface area (Å²) in [5.41, 5.74) is 3.80. The average molecular weight is 349 g/mol. The molecule has 0 spiro atoms. The van der Waals surface area contributed by atoms with Crippen LogP contribution in [-0.4, -0.2) is 35.1 Å². The van der Waals surface area contributed by atoms with E-state index < -0.39 is 5.97 Å². The lowest BCUT2D eigenvalue weighted by Gasteiger charge is -2.12. The highest BCUT2D eigenvalue weighted by atomic mass is 16.4. The molecule has 0 saturated heterocycles. The third-order valence-electron chi connectivity index (χ3n) is 3.70. The highest BCUT2D eigenvalue weighted by Crippen LogP contribution is 2.23. The van der Waals surface area contributed by atoms with Gasteiger partial charge >= 0.3 is 5.97 Å². The molecule has 0 atom stereocenters. The second-order valence-electron chi connectivity index (χ2n) is 5.59. The van der Waals surface area contributed by atoms with Crippen LogP contribution in [0.3, 0.4) is 0 Å². The largest absolute Gasteiger partial charge is 0.478 e. The average Bonchev–Trinajstić information content (AvgIpc) is 2.70. The number of hydrogen-bond donors (Lipinski definition) is 1. The number of aromatic carboxylic acids is 1. The normalized spacial score (nSPS) is 9.85. The number of carboxylic acids is 1. The minimum Gasteiger partial charge on any atom is -0.478 e. The van der Waals surface area contributed by atoms with Gasteiger partial charge in [0.05, 0.1) is 11.3 Å². The number of anilines is 1. The predicted molar refractivity (Wildman–Crippen MR) is 106 cm³/mol. The Morgan fingerprint density at radius 2 is 1.65 bits per heavy atom. The summed E-state index contributed by atoms with van der Waals surface area (Å²) in [5.74, 6) is -0.459. The second kappa shape index (κ2) is 8.76. The van der Waals surface area contributed by atoms with Crippen LogP contribution in [0.25, 0.3) is 22.6 Å². The predicted octanol–water partition coefficient (Wildman–Crippen LogP) is 4.60. The Balaban J connectivity index is 0.00000117. The highest BCUT2D eigenvalue weighted by molar-refractivity contribution is 5.89. The molecule has 0 amide bonds. The Kier molecular flexibility index (Phi) is 6.44. The van der Waals surface area contributed by atoms with E-state index in [0.717, 1.165) is 16.9 Å². The van der Waals surface area contributed by atoms with Crippen molar-refractivity contribution in [1.29, 1.82) is 0 Å². The molecule has 26 heavy (non-hydrogen) atoms. The molecule has 0 unspecified atom stereocenters. The fourth-order valence-electron chi connectivity index (χ4n) is 2.38. The van der Waals surface area contributed by atoms with E-state index in [1.54, 1.807) is 30.5 Å². The van der Waals surface area contributed by atoms with E-state index >= 15 is 0 Å². The van der Waals surface area contributed by atoms with Crippen molar-refractivity contribution >= 4 is 11.7 Å². The summed E-state index contributed by atoms with van der Waals surface area (Å²) in [4.78, 5) is 22.0. The van der Waals surface area contributed by atoms with Crippen molar-refractivity contribution in [3.8, 4) is 22.6 Å². The van der Waals surface area contributed by atoms with Gasteiger partial charge in [-0.3, -0.25) is 0 Å². The molecule has 0 aliphatic heterocycles. The molecule has 134 valence electrons. The van der Waals surface area contributed by atoms with Gasteiger partial charge in [-0.2, -0.15) is 0 Å². The first-order valence-corrected chi connectivity index (χ1v) is 8.49. The van der Waals surface area contributed by atoms with Gasteiger partial charge in [-0.25, -0.2) is 14.8 Å². The molecule has 5 nitrogen and oxygen atoms in total. The van der Waals surface area contributed by atoms with Gasteiger partial charge in [-0.05, 0) is 30.3 Å². The topological polar surface area (TPSA) is 66.3 Å². The van der Waals surface area contributed by atoms with E-state index in [-0.39, 0.29) is 5.56 Å². The van der Waals surface area contributed by atoms with E-state index in [0.29, 0.717) is 11.4 Å². The van der Waals surface area contributed by atoms with Crippen LogP contribution in [-0.2, 0) is 0 Å². The molecule has 1 N–H and O–H groups in total. The lowest BCUT2D eigenvalue weighted by molar-refractivity contribution is 0.0697. The van der Waals surface area contributed by atoms with E-state index in [4.69, 9.17) is 5.11 Å². The molecule has 0 saturated carbocycles. The van der Waals surface area contributed by atoms with E-state index in [2.05, 4.69) is 9.97 Å². The zero-order valence-corrected chi connectivity index (χ0v) is 15.5. The number of aromatic nitrogens is 2. The van der Waals surface area contributed by atoms with E-state index in [1.165, 1.54) is 0 Å². The van der Waals surface area contributed by atoms with Gasteiger partial charge in [0.2, 0.25) is 0 Å². The minimum atomic E-state index is -0.965. The zero-order chi connectivity index (χ0) is 19.1. The fraction of sp³-hybridized carbons (Fsp3) is 0.190. The van der Waals surface area contributed by atoms with Gasteiger partial charge in [0.25, 0.3) is 0 Å². The van der Waals surface area contributed by atoms with Crippen molar-refractivity contribution in [3.63, 3.8) is 0 Å². The van der Waals surface area contributed by atoms with Crippen molar-refractivity contribution < 1.29 is 9.90 Å².